The van der Waals surface area contributed by atoms with Gasteiger partial charge in [0.2, 0.25) is 0 Å². The zero-order valence-corrected chi connectivity index (χ0v) is 11.4. The molecule has 1 saturated carbocycles. The van der Waals surface area contributed by atoms with Crippen LogP contribution in [0.15, 0.2) is 17.6 Å². The summed E-state index contributed by atoms with van der Waals surface area (Å²) in [6.45, 7) is 0. The third kappa shape index (κ3) is 2.10. The minimum atomic E-state index is 0.451. The number of halogens is 1. The molecule has 0 aromatic carbocycles. The summed E-state index contributed by atoms with van der Waals surface area (Å²) in [6.07, 6.45) is 7.55. The Morgan fingerprint density at radius 2 is 2.22 bits per heavy atom. The number of rotatable bonds is 3. The predicted octanol–water partition coefficient (Wildman–Crippen LogP) is 4.19. The van der Waals surface area contributed by atoms with Gasteiger partial charge < -0.3 is 0 Å². The van der Waals surface area contributed by atoms with Crippen LogP contribution in [0.4, 0.5) is 0 Å². The second-order valence-corrected chi connectivity index (χ2v) is 6.15. The largest absolute Gasteiger partial charge is 0.298 e. The summed E-state index contributed by atoms with van der Waals surface area (Å²) in [5, 5.41) is 6.52. The zero-order chi connectivity index (χ0) is 12.5. The number of carbonyl (C=O) groups excluding carboxylic acids is 1. The van der Waals surface area contributed by atoms with E-state index in [0.29, 0.717) is 11.6 Å². The van der Waals surface area contributed by atoms with Gasteiger partial charge >= 0.3 is 0 Å². The topological polar surface area (TPSA) is 34.9 Å². The van der Waals surface area contributed by atoms with Gasteiger partial charge in [-0.3, -0.25) is 9.48 Å². The van der Waals surface area contributed by atoms with Gasteiger partial charge in [0.1, 0.15) is 5.69 Å². The highest BCUT2D eigenvalue weighted by Gasteiger charge is 2.20. The van der Waals surface area contributed by atoms with Crippen LogP contribution in [0.1, 0.15) is 42.1 Å². The Morgan fingerprint density at radius 1 is 1.44 bits per heavy atom. The monoisotopic (exact) mass is 280 g/mol. The molecule has 1 fully saturated rings. The van der Waals surface area contributed by atoms with Gasteiger partial charge in [0.05, 0.1) is 15.9 Å². The first-order chi connectivity index (χ1) is 8.78. The van der Waals surface area contributed by atoms with Crippen LogP contribution >= 0.6 is 22.9 Å². The van der Waals surface area contributed by atoms with Gasteiger partial charge in [-0.15, -0.1) is 11.3 Å². The number of aromatic nitrogens is 2. The lowest BCUT2D eigenvalue weighted by molar-refractivity contribution is 0.112. The van der Waals surface area contributed by atoms with Crippen LogP contribution in [0.2, 0.25) is 4.34 Å². The second-order valence-electron chi connectivity index (χ2n) is 4.61. The first-order valence-corrected chi connectivity index (χ1v) is 7.32. The average molecular weight is 281 g/mol. The fourth-order valence-electron chi connectivity index (χ4n) is 2.51. The number of hydrogen-bond donors (Lipinski definition) is 0. The smallest absolute Gasteiger partial charge is 0.153 e. The van der Waals surface area contributed by atoms with Gasteiger partial charge in [-0.05, 0) is 18.9 Å². The van der Waals surface area contributed by atoms with E-state index in [2.05, 4.69) is 5.10 Å². The molecule has 2 aromatic rings. The van der Waals surface area contributed by atoms with E-state index in [1.165, 1.54) is 24.2 Å². The van der Waals surface area contributed by atoms with E-state index in [1.807, 2.05) is 22.3 Å². The van der Waals surface area contributed by atoms with E-state index in [0.717, 1.165) is 34.7 Å². The molecule has 0 bridgehead atoms. The highest BCUT2D eigenvalue weighted by molar-refractivity contribution is 7.14. The predicted molar refractivity (Wildman–Crippen MR) is 73.4 cm³/mol. The Labute approximate surface area is 114 Å². The lowest BCUT2D eigenvalue weighted by atomic mass is 10.2. The van der Waals surface area contributed by atoms with Crippen molar-refractivity contribution in [3.63, 3.8) is 0 Å². The van der Waals surface area contributed by atoms with Crippen molar-refractivity contribution in [2.45, 2.75) is 31.7 Å². The van der Waals surface area contributed by atoms with Gasteiger partial charge in [0.25, 0.3) is 0 Å². The molecule has 0 aliphatic heterocycles. The van der Waals surface area contributed by atoms with Gasteiger partial charge in [-0.25, -0.2) is 0 Å². The lowest BCUT2D eigenvalue weighted by Crippen LogP contribution is -2.04. The van der Waals surface area contributed by atoms with Crippen LogP contribution in [0.3, 0.4) is 0 Å². The summed E-state index contributed by atoms with van der Waals surface area (Å²) in [5.74, 6) is 0. The number of hydrogen-bond acceptors (Lipinski definition) is 3. The molecule has 1 aliphatic carbocycles. The number of carbonyl (C=O) groups is 1. The first kappa shape index (κ1) is 11.9. The van der Waals surface area contributed by atoms with E-state index >= 15 is 0 Å². The summed E-state index contributed by atoms with van der Waals surface area (Å²) in [7, 11) is 0. The second kappa shape index (κ2) is 4.86. The third-order valence-corrected chi connectivity index (χ3v) is 4.52. The molecule has 0 spiro atoms. The van der Waals surface area contributed by atoms with Gasteiger partial charge in [0, 0.05) is 17.1 Å². The summed E-state index contributed by atoms with van der Waals surface area (Å²) in [4.78, 5) is 11.2. The van der Waals surface area contributed by atoms with Crippen LogP contribution in [0.5, 0.6) is 0 Å². The molecule has 0 N–H and O–H groups in total. The third-order valence-electron chi connectivity index (χ3n) is 3.43. The summed E-state index contributed by atoms with van der Waals surface area (Å²) >= 11 is 7.40. The molecule has 0 unspecified atom stereocenters. The highest BCUT2D eigenvalue weighted by atomic mass is 35.5. The molecule has 5 heteroatoms. The van der Waals surface area contributed by atoms with Crippen molar-refractivity contribution in [3.05, 3.63) is 27.5 Å². The molecule has 0 saturated heterocycles. The molecular formula is C13H13ClN2OS. The maximum atomic E-state index is 11.2. The molecule has 0 radical (unpaired) electrons. The van der Waals surface area contributed by atoms with Crippen molar-refractivity contribution in [1.82, 2.24) is 9.78 Å². The molecule has 0 atom stereocenters. The molecule has 0 amide bonds. The summed E-state index contributed by atoms with van der Waals surface area (Å²) in [5.41, 5.74) is 2.33. The van der Waals surface area contributed by atoms with E-state index in [4.69, 9.17) is 11.6 Å². The molecule has 2 aromatic heterocycles. The fraction of sp³-hybridized carbons (Fsp3) is 0.385. The minimum absolute atomic E-state index is 0.451. The van der Waals surface area contributed by atoms with Crippen LogP contribution < -0.4 is 0 Å². The maximum Gasteiger partial charge on any atom is 0.153 e. The average Bonchev–Trinajstić information content (AvgIpc) is 3.07. The SMILES string of the molecule is O=Cc1cn(C2CCCC2)nc1-c1csc(Cl)c1. The Hall–Kier alpha value is -1.13. The maximum absolute atomic E-state index is 11.2. The first-order valence-electron chi connectivity index (χ1n) is 6.06. The van der Waals surface area contributed by atoms with Crippen LogP contribution in [-0.4, -0.2) is 16.1 Å². The Kier molecular flexibility index (Phi) is 3.22. The summed E-state index contributed by atoms with van der Waals surface area (Å²) < 4.78 is 2.68. The number of nitrogens with zero attached hydrogens (tertiary/aromatic N) is 2. The van der Waals surface area contributed by atoms with Crippen molar-refractivity contribution in [3.8, 4) is 11.3 Å². The number of thiophene rings is 1. The Bertz CT molecular complexity index is 569. The quantitative estimate of drug-likeness (QED) is 0.790. The molecule has 18 heavy (non-hydrogen) atoms. The van der Waals surface area contributed by atoms with Crippen molar-refractivity contribution in [2.24, 2.45) is 0 Å². The van der Waals surface area contributed by atoms with Crippen molar-refractivity contribution < 1.29 is 4.79 Å². The molecule has 3 rings (SSSR count). The summed E-state index contributed by atoms with van der Waals surface area (Å²) in [6, 6.07) is 2.31. The van der Waals surface area contributed by atoms with E-state index < -0.39 is 0 Å². The van der Waals surface area contributed by atoms with Crippen molar-refractivity contribution >= 4 is 29.2 Å². The zero-order valence-electron chi connectivity index (χ0n) is 9.80. The minimum Gasteiger partial charge on any atom is -0.298 e. The fourth-order valence-corrected chi connectivity index (χ4v) is 3.37. The van der Waals surface area contributed by atoms with Crippen LogP contribution in [0.25, 0.3) is 11.3 Å². The number of aldehydes is 1. The Balaban J connectivity index is 2.00. The lowest BCUT2D eigenvalue weighted by Gasteiger charge is -2.08. The van der Waals surface area contributed by atoms with Crippen molar-refractivity contribution in [1.29, 1.82) is 0 Å². The van der Waals surface area contributed by atoms with Gasteiger partial charge in [-0.2, -0.15) is 5.10 Å². The van der Waals surface area contributed by atoms with E-state index in [1.54, 1.807) is 0 Å². The molecule has 94 valence electrons. The normalized spacial score (nSPS) is 16.3. The standard InChI is InChI=1S/C13H13ClN2OS/c14-12-5-9(8-18-12)13-10(7-17)6-16(15-13)11-3-1-2-4-11/h5-8,11H,1-4H2. The molecule has 2 heterocycles. The van der Waals surface area contributed by atoms with Crippen molar-refractivity contribution in [2.75, 3.05) is 0 Å². The van der Waals surface area contributed by atoms with Gasteiger partial charge in [-0.1, -0.05) is 24.4 Å². The van der Waals surface area contributed by atoms with Crippen LogP contribution in [0, 0.1) is 0 Å². The van der Waals surface area contributed by atoms with E-state index in [9.17, 15) is 4.79 Å². The van der Waals surface area contributed by atoms with Crippen LogP contribution in [-0.2, 0) is 0 Å². The Morgan fingerprint density at radius 3 is 2.83 bits per heavy atom. The molecule has 1 aliphatic rings. The van der Waals surface area contributed by atoms with Gasteiger partial charge in [0.15, 0.2) is 6.29 Å². The molecular weight excluding hydrogens is 268 g/mol. The highest BCUT2D eigenvalue weighted by Crippen LogP contribution is 2.33. The van der Waals surface area contributed by atoms with E-state index in [-0.39, 0.29) is 0 Å². The molecule has 3 nitrogen and oxygen atoms in total.